The molecule has 1 unspecified atom stereocenters. The Morgan fingerprint density at radius 1 is 1.50 bits per heavy atom. The van der Waals surface area contributed by atoms with E-state index in [1.807, 2.05) is 0 Å². The van der Waals surface area contributed by atoms with Gasteiger partial charge in [0.2, 0.25) is 0 Å². The third-order valence-corrected chi connectivity index (χ3v) is 2.09. The number of nitrogens with zero attached hydrogens (tertiary/aromatic N) is 2. The Balaban J connectivity index is 2.63. The maximum absolute atomic E-state index is 12.3. The number of hydrogen-bond acceptors (Lipinski definition) is 3. The van der Waals surface area contributed by atoms with Crippen LogP contribution in [0.15, 0.2) is 29.4 Å². The summed E-state index contributed by atoms with van der Waals surface area (Å²) in [6, 6.07) is 4.92. The Kier molecular flexibility index (Phi) is 4.12. The zero-order valence-electron chi connectivity index (χ0n) is 9.57. The predicted octanol–water partition coefficient (Wildman–Crippen LogP) is 1.12. The molecule has 100 valence electrons. The van der Waals surface area contributed by atoms with Crippen molar-refractivity contribution >= 4 is 11.8 Å². The Morgan fingerprint density at radius 3 is 2.67 bits per heavy atom. The molecule has 0 saturated heterocycles. The van der Waals surface area contributed by atoms with Crippen LogP contribution in [0.25, 0.3) is 0 Å². The summed E-state index contributed by atoms with van der Waals surface area (Å²) >= 11 is 0. The zero-order chi connectivity index (χ0) is 13.8. The molecule has 0 saturated carbocycles. The van der Waals surface area contributed by atoms with Crippen LogP contribution in [0.5, 0.6) is 0 Å². The topological polar surface area (TPSA) is 83.5 Å². The maximum atomic E-state index is 12.3. The normalized spacial score (nSPS) is 16.2. The fraction of sp³-hybridized carbons (Fsp3) is 0.400. The van der Waals surface area contributed by atoms with Gasteiger partial charge in [-0.2, -0.15) is 13.2 Å². The standard InChI is InChI=1S/C10H13F3N4O/c1-9(18,10(11,12)13)6-16-8(14)17-7-4-2-3-5-15-7/h2-5,18H,6H2,1H3,(H3,14,15,16,17). The molecule has 0 fully saturated rings. The number of nitrogens with two attached hydrogens (primary N) is 1. The number of alkyl halides is 3. The van der Waals surface area contributed by atoms with Crippen LogP contribution in [0, 0.1) is 0 Å². The molecule has 4 N–H and O–H groups in total. The second kappa shape index (κ2) is 5.21. The number of pyridine rings is 1. The summed E-state index contributed by atoms with van der Waals surface area (Å²) in [6.07, 6.45) is -3.27. The number of hydrogen-bond donors (Lipinski definition) is 3. The van der Waals surface area contributed by atoms with Crippen molar-refractivity contribution in [2.24, 2.45) is 10.7 Å². The molecule has 1 heterocycles. The van der Waals surface area contributed by atoms with E-state index in [4.69, 9.17) is 10.8 Å². The Labute approximate surface area is 102 Å². The third-order valence-electron chi connectivity index (χ3n) is 2.09. The Bertz CT molecular complexity index is 417. The van der Waals surface area contributed by atoms with Crippen LogP contribution in [0.4, 0.5) is 19.0 Å². The van der Waals surface area contributed by atoms with Crippen molar-refractivity contribution in [3.05, 3.63) is 24.4 Å². The summed E-state index contributed by atoms with van der Waals surface area (Å²) in [7, 11) is 0. The van der Waals surface area contributed by atoms with Crippen molar-refractivity contribution in [2.75, 3.05) is 11.9 Å². The lowest BCUT2D eigenvalue weighted by Crippen LogP contribution is -2.45. The lowest BCUT2D eigenvalue weighted by atomic mass is 10.1. The van der Waals surface area contributed by atoms with E-state index < -0.39 is 18.3 Å². The van der Waals surface area contributed by atoms with E-state index in [1.165, 1.54) is 6.20 Å². The molecule has 0 amide bonds. The van der Waals surface area contributed by atoms with Gasteiger partial charge in [-0.15, -0.1) is 0 Å². The van der Waals surface area contributed by atoms with E-state index in [-0.39, 0.29) is 5.96 Å². The number of aliphatic hydroxyl groups is 1. The molecule has 0 bridgehead atoms. The van der Waals surface area contributed by atoms with E-state index in [9.17, 15) is 13.2 Å². The van der Waals surface area contributed by atoms with Crippen LogP contribution >= 0.6 is 0 Å². The highest BCUT2D eigenvalue weighted by Gasteiger charge is 2.49. The minimum absolute atomic E-state index is 0.252. The molecule has 0 aliphatic heterocycles. The summed E-state index contributed by atoms with van der Waals surface area (Å²) in [5.41, 5.74) is 2.46. The van der Waals surface area contributed by atoms with Gasteiger partial charge < -0.3 is 16.2 Å². The van der Waals surface area contributed by atoms with Gasteiger partial charge >= 0.3 is 6.18 Å². The van der Waals surface area contributed by atoms with E-state index in [0.29, 0.717) is 12.7 Å². The summed E-state index contributed by atoms with van der Waals surface area (Å²) in [5, 5.41) is 11.6. The van der Waals surface area contributed by atoms with Crippen LogP contribution in [-0.4, -0.2) is 34.4 Å². The summed E-state index contributed by atoms with van der Waals surface area (Å²) < 4.78 is 37.0. The van der Waals surface area contributed by atoms with Crippen LogP contribution in [-0.2, 0) is 0 Å². The molecule has 0 radical (unpaired) electrons. The maximum Gasteiger partial charge on any atom is 0.418 e. The molecule has 0 aromatic carbocycles. The first kappa shape index (κ1) is 14.2. The molecule has 0 spiro atoms. The molecule has 1 rings (SSSR count). The minimum Gasteiger partial charge on any atom is -0.379 e. The van der Waals surface area contributed by atoms with Gasteiger partial charge in [0.1, 0.15) is 5.82 Å². The van der Waals surface area contributed by atoms with E-state index >= 15 is 0 Å². The SMILES string of the molecule is CC(O)(CN=C(N)Nc1ccccn1)C(F)(F)F. The molecular weight excluding hydrogens is 249 g/mol. The quantitative estimate of drug-likeness (QED) is 0.563. The van der Waals surface area contributed by atoms with Gasteiger partial charge in [0.05, 0.1) is 6.54 Å². The lowest BCUT2D eigenvalue weighted by molar-refractivity contribution is -0.248. The van der Waals surface area contributed by atoms with Crippen LogP contribution in [0.2, 0.25) is 0 Å². The van der Waals surface area contributed by atoms with Gasteiger partial charge in [0.25, 0.3) is 0 Å². The van der Waals surface area contributed by atoms with Crippen molar-refractivity contribution in [1.82, 2.24) is 4.98 Å². The van der Waals surface area contributed by atoms with Crippen molar-refractivity contribution in [1.29, 1.82) is 0 Å². The lowest BCUT2D eigenvalue weighted by Gasteiger charge is -2.24. The molecule has 18 heavy (non-hydrogen) atoms. The number of halogens is 3. The van der Waals surface area contributed by atoms with E-state index in [0.717, 1.165) is 0 Å². The molecule has 0 aliphatic carbocycles. The molecular formula is C10H13F3N4O. The molecule has 1 aromatic rings. The fourth-order valence-corrected chi connectivity index (χ4v) is 0.936. The van der Waals surface area contributed by atoms with Crippen molar-refractivity contribution < 1.29 is 18.3 Å². The Hall–Kier alpha value is -1.83. The van der Waals surface area contributed by atoms with Gasteiger partial charge in [-0.25, -0.2) is 9.98 Å². The summed E-state index contributed by atoms with van der Waals surface area (Å²) in [6.45, 7) is -0.257. The van der Waals surface area contributed by atoms with Crippen molar-refractivity contribution in [3.8, 4) is 0 Å². The van der Waals surface area contributed by atoms with Crippen LogP contribution in [0.3, 0.4) is 0 Å². The smallest absolute Gasteiger partial charge is 0.379 e. The van der Waals surface area contributed by atoms with E-state index in [2.05, 4.69) is 15.3 Å². The first-order valence-electron chi connectivity index (χ1n) is 4.99. The molecule has 1 aromatic heterocycles. The third kappa shape index (κ3) is 3.88. The second-order valence-electron chi connectivity index (χ2n) is 3.81. The zero-order valence-corrected chi connectivity index (χ0v) is 9.57. The number of rotatable bonds is 3. The predicted molar refractivity (Wildman–Crippen MR) is 61.0 cm³/mol. The van der Waals surface area contributed by atoms with Gasteiger partial charge in [-0.3, -0.25) is 0 Å². The van der Waals surface area contributed by atoms with Gasteiger partial charge in [-0.05, 0) is 19.1 Å². The van der Waals surface area contributed by atoms with Crippen molar-refractivity contribution in [2.45, 2.75) is 18.7 Å². The highest BCUT2D eigenvalue weighted by molar-refractivity contribution is 5.91. The first-order valence-corrected chi connectivity index (χ1v) is 4.99. The van der Waals surface area contributed by atoms with E-state index in [1.54, 1.807) is 18.2 Å². The number of aromatic nitrogens is 1. The number of anilines is 1. The van der Waals surface area contributed by atoms with Crippen LogP contribution in [0.1, 0.15) is 6.92 Å². The molecule has 1 atom stereocenters. The molecule has 5 nitrogen and oxygen atoms in total. The van der Waals surface area contributed by atoms with Gasteiger partial charge in [-0.1, -0.05) is 6.07 Å². The number of guanidine groups is 1. The molecule has 8 heteroatoms. The average Bonchev–Trinajstić information content (AvgIpc) is 2.26. The summed E-state index contributed by atoms with van der Waals surface area (Å²) in [5.74, 6) is 0.101. The largest absolute Gasteiger partial charge is 0.418 e. The average molecular weight is 262 g/mol. The van der Waals surface area contributed by atoms with Crippen LogP contribution < -0.4 is 11.1 Å². The van der Waals surface area contributed by atoms with Gasteiger partial charge in [0.15, 0.2) is 11.6 Å². The number of aliphatic imine (C=N–C) groups is 1. The fourth-order valence-electron chi connectivity index (χ4n) is 0.936. The Morgan fingerprint density at radius 2 is 2.17 bits per heavy atom. The summed E-state index contributed by atoms with van der Waals surface area (Å²) in [4.78, 5) is 7.29. The number of nitrogens with one attached hydrogen (secondary N) is 1. The van der Waals surface area contributed by atoms with Gasteiger partial charge in [0, 0.05) is 6.20 Å². The minimum atomic E-state index is -4.76. The first-order chi connectivity index (χ1) is 8.22. The highest BCUT2D eigenvalue weighted by Crippen LogP contribution is 2.29. The van der Waals surface area contributed by atoms with Crippen molar-refractivity contribution in [3.63, 3.8) is 0 Å². The monoisotopic (exact) mass is 262 g/mol. The second-order valence-corrected chi connectivity index (χ2v) is 3.81. The molecule has 0 aliphatic rings. The highest BCUT2D eigenvalue weighted by atomic mass is 19.4.